The highest BCUT2D eigenvalue weighted by molar-refractivity contribution is 7.99. The predicted molar refractivity (Wildman–Crippen MR) is 123 cm³/mol. The van der Waals surface area contributed by atoms with Crippen LogP contribution in [0.3, 0.4) is 0 Å². The molecule has 0 aliphatic carbocycles. The zero-order valence-electron chi connectivity index (χ0n) is 17.3. The summed E-state index contributed by atoms with van der Waals surface area (Å²) in [6.07, 6.45) is 4.28. The van der Waals surface area contributed by atoms with Crippen molar-refractivity contribution in [3.8, 4) is 11.3 Å². The molecule has 0 bridgehead atoms. The molecule has 3 heterocycles. The van der Waals surface area contributed by atoms with Gasteiger partial charge in [0, 0.05) is 6.61 Å². The van der Waals surface area contributed by atoms with Crippen molar-refractivity contribution in [2.24, 2.45) is 0 Å². The number of thioether (sulfide) groups is 1. The van der Waals surface area contributed by atoms with E-state index in [-0.39, 0.29) is 16.9 Å². The molecule has 1 aliphatic rings. The maximum Gasteiger partial charge on any atom is 0.258 e. The SMILES string of the molecule is C[C@H](Sc1ncc(-c2ccccc2)n1C[C@@H]1CCCO1)c1nc2ccccc2c(=O)[nH]1. The first kappa shape index (κ1) is 20.0. The number of hydrogen-bond acceptors (Lipinski definition) is 5. The Morgan fingerprint density at radius 2 is 2.00 bits per heavy atom. The number of aromatic amines is 1. The lowest BCUT2D eigenvalue weighted by atomic mass is 10.1. The van der Waals surface area contributed by atoms with E-state index in [0.29, 0.717) is 16.7 Å². The number of hydrogen-bond donors (Lipinski definition) is 1. The third-order valence-electron chi connectivity index (χ3n) is 5.60. The van der Waals surface area contributed by atoms with Crippen LogP contribution in [0.5, 0.6) is 0 Å². The number of fused-ring (bicyclic) bond motifs is 1. The zero-order valence-corrected chi connectivity index (χ0v) is 18.1. The smallest absolute Gasteiger partial charge is 0.258 e. The first-order valence-corrected chi connectivity index (χ1v) is 11.4. The van der Waals surface area contributed by atoms with Gasteiger partial charge in [0.25, 0.3) is 5.56 Å². The van der Waals surface area contributed by atoms with Crippen LogP contribution in [0.15, 0.2) is 70.7 Å². The molecule has 0 amide bonds. The number of para-hydroxylation sites is 1. The van der Waals surface area contributed by atoms with Gasteiger partial charge in [-0.1, -0.05) is 54.2 Å². The minimum Gasteiger partial charge on any atom is -0.376 e. The fourth-order valence-electron chi connectivity index (χ4n) is 3.97. The van der Waals surface area contributed by atoms with Crippen molar-refractivity contribution >= 4 is 22.7 Å². The van der Waals surface area contributed by atoms with E-state index in [1.165, 1.54) is 0 Å². The van der Waals surface area contributed by atoms with Crippen LogP contribution in [0.1, 0.15) is 30.8 Å². The molecule has 2 aromatic carbocycles. The molecule has 7 heteroatoms. The largest absolute Gasteiger partial charge is 0.376 e. The van der Waals surface area contributed by atoms with Crippen molar-refractivity contribution in [2.45, 2.75) is 42.8 Å². The molecular formula is C24H24N4O2S. The van der Waals surface area contributed by atoms with E-state index in [2.05, 4.69) is 21.7 Å². The minimum absolute atomic E-state index is 0.0634. The summed E-state index contributed by atoms with van der Waals surface area (Å²) in [6, 6.07) is 17.7. The van der Waals surface area contributed by atoms with Gasteiger partial charge in [-0.2, -0.15) is 0 Å². The lowest BCUT2D eigenvalue weighted by Gasteiger charge is -2.17. The fraction of sp³-hybridized carbons (Fsp3) is 0.292. The number of H-pyrrole nitrogens is 1. The molecule has 0 saturated carbocycles. The third-order valence-corrected chi connectivity index (χ3v) is 6.71. The number of rotatable bonds is 6. The Hall–Kier alpha value is -2.90. The molecule has 0 radical (unpaired) electrons. The van der Waals surface area contributed by atoms with Gasteiger partial charge in [0.2, 0.25) is 0 Å². The summed E-state index contributed by atoms with van der Waals surface area (Å²) in [6.45, 7) is 3.63. The van der Waals surface area contributed by atoms with Gasteiger partial charge in [-0.3, -0.25) is 4.79 Å². The molecule has 6 nitrogen and oxygen atoms in total. The molecule has 1 aliphatic heterocycles. The Morgan fingerprint density at radius 3 is 2.81 bits per heavy atom. The van der Waals surface area contributed by atoms with Crippen LogP contribution < -0.4 is 5.56 Å². The molecule has 31 heavy (non-hydrogen) atoms. The minimum atomic E-state index is -0.110. The highest BCUT2D eigenvalue weighted by Crippen LogP contribution is 2.35. The standard InChI is InChI=1S/C24H24N4O2S/c1-16(22-26-20-12-6-5-11-19(20)23(29)27-22)31-24-25-14-21(17-8-3-2-4-9-17)28(24)15-18-10-7-13-30-18/h2-6,8-9,11-12,14,16,18H,7,10,13,15H2,1H3,(H,26,27,29)/t16-,18-/m0/s1. The molecule has 2 aromatic heterocycles. The van der Waals surface area contributed by atoms with Crippen LogP contribution in [0.2, 0.25) is 0 Å². The molecule has 0 spiro atoms. The molecule has 1 saturated heterocycles. The second-order valence-electron chi connectivity index (χ2n) is 7.77. The van der Waals surface area contributed by atoms with Gasteiger partial charge in [0.05, 0.1) is 40.7 Å². The van der Waals surface area contributed by atoms with Crippen molar-refractivity contribution in [3.05, 3.63) is 77.0 Å². The van der Waals surface area contributed by atoms with Crippen LogP contribution in [0, 0.1) is 0 Å². The van der Waals surface area contributed by atoms with Crippen LogP contribution in [0.4, 0.5) is 0 Å². The zero-order chi connectivity index (χ0) is 21.2. The molecular weight excluding hydrogens is 408 g/mol. The summed E-state index contributed by atoms with van der Waals surface area (Å²) in [5.74, 6) is 0.654. The number of nitrogens with one attached hydrogen (secondary N) is 1. The fourth-order valence-corrected chi connectivity index (χ4v) is 4.92. The van der Waals surface area contributed by atoms with Gasteiger partial charge >= 0.3 is 0 Å². The number of aromatic nitrogens is 4. The molecule has 2 atom stereocenters. The van der Waals surface area contributed by atoms with Gasteiger partial charge < -0.3 is 14.3 Å². The molecule has 1 N–H and O–H groups in total. The molecule has 1 fully saturated rings. The Kier molecular flexibility index (Phi) is 5.61. The first-order valence-electron chi connectivity index (χ1n) is 10.6. The van der Waals surface area contributed by atoms with Crippen molar-refractivity contribution in [3.63, 3.8) is 0 Å². The normalized spacial score (nSPS) is 17.3. The van der Waals surface area contributed by atoms with Crippen molar-refractivity contribution in [1.82, 2.24) is 19.5 Å². The Balaban J connectivity index is 1.48. The van der Waals surface area contributed by atoms with Crippen LogP contribution in [-0.2, 0) is 11.3 Å². The number of benzene rings is 2. The summed E-state index contributed by atoms with van der Waals surface area (Å²) in [7, 11) is 0. The number of imidazole rings is 1. The highest BCUT2D eigenvalue weighted by Gasteiger charge is 2.23. The Labute approximate surface area is 184 Å². The van der Waals surface area contributed by atoms with Crippen molar-refractivity contribution in [1.29, 1.82) is 0 Å². The van der Waals surface area contributed by atoms with E-state index in [0.717, 1.165) is 42.4 Å². The van der Waals surface area contributed by atoms with Crippen LogP contribution >= 0.6 is 11.8 Å². The average molecular weight is 433 g/mol. The maximum atomic E-state index is 12.5. The molecule has 4 aromatic rings. The molecule has 158 valence electrons. The summed E-state index contributed by atoms with van der Waals surface area (Å²) in [4.78, 5) is 24.9. The second kappa shape index (κ2) is 8.69. The molecule has 0 unspecified atom stereocenters. The van der Waals surface area contributed by atoms with Crippen LogP contribution in [-0.4, -0.2) is 32.2 Å². The number of ether oxygens (including phenoxy) is 1. The topological polar surface area (TPSA) is 72.8 Å². The van der Waals surface area contributed by atoms with E-state index in [9.17, 15) is 4.79 Å². The summed E-state index contributed by atoms with van der Waals surface area (Å²) < 4.78 is 8.15. The van der Waals surface area contributed by atoms with E-state index in [1.54, 1.807) is 17.8 Å². The number of nitrogens with zero attached hydrogens (tertiary/aromatic N) is 3. The maximum absolute atomic E-state index is 12.5. The Bertz CT molecular complexity index is 1250. The monoisotopic (exact) mass is 432 g/mol. The summed E-state index contributed by atoms with van der Waals surface area (Å²) in [5.41, 5.74) is 2.80. The Morgan fingerprint density at radius 1 is 1.19 bits per heavy atom. The van der Waals surface area contributed by atoms with Crippen LogP contribution in [0.25, 0.3) is 22.2 Å². The third kappa shape index (κ3) is 4.16. The van der Waals surface area contributed by atoms with Crippen molar-refractivity contribution < 1.29 is 4.74 Å². The lowest BCUT2D eigenvalue weighted by Crippen LogP contribution is -2.17. The van der Waals surface area contributed by atoms with Gasteiger partial charge in [-0.25, -0.2) is 9.97 Å². The summed E-state index contributed by atoms with van der Waals surface area (Å²) in [5, 5.41) is 1.44. The van der Waals surface area contributed by atoms with E-state index < -0.39 is 0 Å². The lowest BCUT2D eigenvalue weighted by molar-refractivity contribution is 0.0953. The highest BCUT2D eigenvalue weighted by atomic mass is 32.2. The second-order valence-corrected chi connectivity index (χ2v) is 9.07. The van der Waals surface area contributed by atoms with Gasteiger partial charge in [0.15, 0.2) is 5.16 Å². The van der Waals surface area contributed by atoms with Gasteiger partial charge in [0.1, 0.15) is 5.82 Å². The van der Waals surface area contributed by atoms with Gasteiger partial charge in [-0.05, 0) is 37.5 Å². The molecule has 5 rings (SSSR count). The summed E-state index contributed by atoms with van der Waals surface area (Å²) >= 11 is 1.60. The first-order chi connectivity index (χ1) is 15.2. The van der Waals surface area contributed by atoms with E-state index in [4.69, 9.17) is 14.7 Å². The predicted octanol–water partition coefficient (Wildman–Crippen LogP) is 4.82. The average Bonchev–Trinajstić information content (AvgIpc) is 3.45. The van der Waals surface area contributed by atoms with E-state index >= 15 is 0 Å². The van der Waals surface area contributed by atoms with Crippen molar-refractivity contribution in [2.75, 3.05) is 6.61 Å². The van der Waals surface area contributed by atoms with E-state index in [1.807, 2.05) is 49.5 Å². The van der Waals surface area contributed by atoms with Gasteiger partial charge in [-0.15, -0.1) is 0 Å². The quantitative estimate of drug-likeness (QED) is 0.442.